The zero-order chi connectivity index (χ0) is 12.1. The fourth-order valence-corrected chi connectivity index (χ4v) is 2.41. The third kappa shape index (κ3) is 3.78. The standard InChI is InChI=1S/C12H20ClNO2/c1-8(2)7-14-12(16)10-6-4-3-5-9(10)11(13)15/h8-10H,3-7H2,1-2H3,(H,14,16). The molecular weight excluding hydrogens is 226 g/mol. The zero-order valence-corrected chi connectivity index (χ0v) is 10.7. The van der Waals surface area contributed by atoms with E-state index >= 15 is 0 Å². The number of hydrogen-bond donors (Lipinski definition) is 1. The van der Waals surface area contributed by atoms with E-state index in [-0.39, 0.29) is 23.0 Å². The van der Waals surface area contributed by atoms with Gasteiger partial charge in [0.05, 0.1) is 0 Å². The molecule has 0 bridgehead atoms. The van der Waals surface area contributed by atoms with Crippen LogP contribution in [0.5, 0.6) is 0 Å². The van der Waals surface area contributed by atoms with E-state index in [1.807, 2.05) is 13.8 Å². The van der Waals surface area contributed by atoms with Crippen LogP contribution in [0.1, 0.15) is 39.5 Å². The average molecular weight is 246 g/mol. The van der Waals surface area contributed by atoms with Crippen LogP contribution < -0.4 is 5.32 Å². The molecule has 0 aromatic heterocycles. The third-order valence-electron chi connectivity index (χ3n) is 3.08. The van der Waals surface area contributed by atoms with Gasteiger partial charge in [-0.1, -0.05) is 26.7 Å². The highest BCUT2D eigenvalue weighted by Gasteiger charge is 2.34. The van der Waals surface area contributed by atoms with Crippen LogP contribution in [0, 0.1) is 17.8 Å². The molecule has 1 rings (SSSR count). The van der Waals surface area contributed by atoms with E-state index in [1.54, 1.807) is 0 Å². The molecule has 3 nitrogen and oxygen atoms in total. The largest absolute Gasteiger partial charge is 0.356 e. The van der Waals surface area contributed by atoms with Crippen molar-refractivity contribution < 1.29 is 9.59 Å². The molecule has 1 N–H and O–H groups in total. The van der Waals surface area contributed by atoms with Gasteiger partial charge in [0.15, 0.2) is 0 Å². The Morgan fingerprint density at radius 2 is 1.81 bits per heavy atom. The minimum atomic E-state index is -0.357. The number of hydrogen-bond acceptors (Lipinski definition) is 2. The van der Waals surface area contributed by atoms with Gasteiger partial charge in [-0.05, 0) is 30.4 Å². The van der Waals surface area contributed by atoms with E-state index in [1.165, 1.54) is 0 Å². The maximum Gasteiger partial charge on any atom is 0.225 e. The van der Waals surface area contributed by atoms with Crippen LogP contribution in [0.4, 0.5) is 0 Å². The highest BCUT2D eigenvalue weighted by atomic mass is 35.5. The Morgan fingerprint density at radius 1 is 1.25 bits per heavy atom. The summed E-state index contributed by atoms with van der Waals surface area (Å²) in [4.78, 5) is 23.1. The SMILES string of the molecule is CC(C)CNC(=O)C1CCCCC1C(=O)Cl. The first-order valence-electron chi connectivity index (χ1n) is 5.99. The van der Waals surface area contributed by atoms with Crippen LogP contribution in [0.15, 0.2) is 0 Å². The Hall–Kier alpha value is -0.570. The quantitative estimate of drug-likeness (QED) is 0.773. The van der Waals surface area contributed by atoms with Gasteiger partial charge in [-0.2, -0.15) is 0 Å². The molecule has 2 atom stereocenters. The lowest BCUT2D eigenvalue weighted by Crippen LogP contribution is -2.40. The lowest BCUT2D eigenvalue weighted by atomic mass is 9.79. The fraction of sp³-hybridized carbons (Fsp3) is 0.833. The van der Waals surface area contributed by atoms with Crippen LogP contribution in [0.3, 0.4) is 0 Å². The van der Waals surface area contributed by atoms with Gasteiger partial charge in [0.1, 0.15) is 0 Å². The summed E-state index contributed by atoms with van der Waals surface area (Å²) in [5.74, 6) is -0.0647. The first kappa shape index (κ1) is 13.5. The Bertz CT molecular complexity index is 266. The van der Waals surface area contributed by atoms with E-state index in [2.05, 4.69) is 5.32 Å². The van der Waals surface area contributed by atoms with Crippen LogP contribution in [-0.2, 0) is 9.59 Å². The van der Waals surface area contributed by atoms with E-state index in [0.717, 1.165) is 25.7 Å². The summed E-state index contributed by atoms with van der Waals surface area (Å²) in [6.07, 6.45) is 3.55. The predicted octanol–water partition coefficient (Wildman–Crippen LogP) is 2.33. The van der Waals surface area contributed by atoms with Gasteiger partial charge in [0, 0.05) is 18.4 Å². The second-order valence-electron chi connectivity index (χ2n) is 4.94. The number of carbonyl (C=O) groups is 2. The van der Waals surface area contributed by atoms with Crippen molar-refractivity contribution in [3.8, 4) is 0 Å². The molecule has 0 aromatic rings. The summed E-state index contributed by atoms with van der Waals surface area (Å²) < 4.78 is 0. The molecule has 1 aliphatic carbocycles. The molecule has 1 saturated carbocycles. The summed E-state index contributed by atoms with van der Waals surface area (Å²) in [6.45, 7) is 4.76. The Kier molecular flexibility index (Phi) is 5.26. The maximum atomic E-state index is 11.9. The molecule has 0 aromatic carbocycles. The van der Waals surface area contributed by atoms with Crippen molar-refractivity contribution in [2.75, 3.05) is 6.54 Å². The van der Waals surface area contributed by atoms with Crippen LogP contribution in [0.25, 0.3) is 0 Å². The summed E-state index contributed by atoms with van der Waals surface area (Å²) in [5.41, 5.74) is 0. The number of halogens is 1. The molecule has 0 heterocycles. The smallest absolute Gasteiger partial charge is 0.225 e. The van der Waals surface area contributed by atoms with E-state index < -0.39 is 0 Å². The molecular formula is C12H20ClNO2. The van der Waals surface area contributed by atoms with Crippen LogP contribution in [-0.4, -0.2) is 17.7 Å². The van der Waals surface area contributed by atoms with Crippen molar-refractivity contribution in [3.63, 3.8) is 0 Å². The summed E-state index contributed by atoms with van der Waals surface area (Å²) in [5, 5.41) is 2.53. The Balaban J connectivity index is 2.54. The van der Waals surface area contributed by atoms with Crippen LogP contribution in [0.2, 0.25) is 0 Å². The second-order valence-corrected chi connectivity index (χ2v) is 5.31. The molecule has 0 saturated heterocycles. The van der Waals surface area contributed by atoms with Crippen LogP contribution >= 0.6 is 11.6 Å². The molecule has 1 aliphatic rings. The average Bonchev–Trinajstić information content (AvgIpc) is 2.25. The van der Waals surface area contributed by atoms with Gasteiger partial charge in [-0.25, -0.2) is 0 Å². The van der Waals surface area contributed by atoms with E-state index in [4.69, 9.17) is 11.6 Å². The Labute approximate surface area is 102 Å². The van der Waals surface area contributed by atoms with Gasteiger partial charge < -0.3 is 5.32 Å². The molecule has 0 radical (unpaired) electrons. The zero-order valence-electron chi connectivity index (χ0n) is 9.96. The van der Waals surface area contributed by atoms with Gasteiger partial charge in [0.25, 0.3) is 0 Å². The van der Waals surface area contributed by atoms with Gasteiger partial charge in [-0.3, -0.25) is 9.59 Å². The summed E-state index contributed by atoms with van der Waals surface area (Å²) in [7, 11) is 0. The highest BCUT2D eigenvalue weighted by molar-refractivity contribution is 6.64. The second kappa shape index (κ2) is 6.24. The number of nitrogens with one attached hydrogen (secondary N) is 1. The minimum absolute atomic E-state index is 0.00704. The highest BCUT2D eigenvalue weighted by Crippen LogP contribution is 2.31. The summed E-state index contributed by atoms with van der Waals surface area (Å²) >= 11 is 5.54. The Morgan fingerprint density at radius 3 is 2.31 bits per heavy atom. The van der Waals surface area contributed by atoms with Crippen molar-refractivity contribution in [1.29, 1.82) is 0 Å². The van der Waals surface area contributed by atoms with Crippen molar-refractivity contribution in [3.05, 3.63) is 0 Å². The fourth-order valence-electron chi connectivity index (χ4n) is 2.15. The molecule has 16 heavy (non-hydrogen) atoms. The number of amides is 1. The third-order valence-corrected chi connectivity index (χ3v) is 3.36. The maximum absolute atomic E-state index is 11.9. The predicted molar refractivity (Wildman–Crippen MR) is 64.2 cm³/mol. The molecule has 0 aliphatic heterocycles. The lowest BCUT2D eigenvalue weighted by molar-refractivity contribution is -0.132. The van der Waals surface area contributed by atoms with E-state index in [0.29, 0.717) is 12.5 Å². The van der Waals surface area contributed by atoms with Crippen molar-refractivity contribution >= 4 is 22.8 Å². The number of carbonyl (C=O) groups excluding carboxylic acids is 2. The van der Waals surface area contributed by atoms with E-state index in [9.17, 15) is 9.59 Å². The minimum Gasteiger partial charge on any atom is -0.356 e. The normalized spacial score (nSPS) is 25.5. The number of rotatable bonds is 4. The molecule has 1 amide bonds. The van der Waals surface area contributed by atoms with Crippen molar-refractivity contribution in [1.82, 2.24) is 5.32 Å². The van der Waals surface area contributed by atoms with Gasteiger partial charge in [0.2, 0.25) is 11.1 Å². The van der Waals surface area contributed by atoms with Crippen molar-refractivity contribution in [2.45, 2.75) is 39.5 Å². The van der Waals surface area contributed by atoms with Crippen molar-refractivity contribution in [2.24, 2.45) is 17.8 Å². The van der Waals surface area contributed by atoms with Gasteiger partial charge >= 0.3 is 0 Å². The molecule has 0 spiro atoms. The molecule has 2 unspecified atom stereocenters. The molecule has 1 fully saturated rings. The molecule has 4 heteroatoms. The lowest BCUT2D eigenvalue weighted by Gasteiger charge is -2.28. The molecule has 92 valence electrons. The first-order valence-corrected chi connectivity index (χ1v) is 6.37. The topological polar surface area (TPSA) is 46.2 Å². The monoisotopic (exact) mass is 245 g/mol. The first-order chi connectivity index (χ1) is 7.52. The summed E-state index contributed by atoms with van der Waals surface area (Å²) in [6, 6.07) is 0. The van der Waals surface area contributed by atoms with Gasteiger partial charge in [-0.15, -0.1) is 0 Å².